The summed E-state index contributed by atoms with van der Waals surface area (Å²) in [6.07, 6.45) is -0.231. The van der Waals surface area contributed by atoms with E-state index in [1.165, 1.54) is 17.0 Å². The molecule has 0 fully saturated rings. The summed E-state index contributed by atoms with van der Waals surface area (Å²) in [5.74, 6) is -0.599. The fraction of sp³-hybridized carbons (Fsp3) is 0.267. The third-order valence-electron chi connectivity index (χ3n) is 3.02. The standard InChI is InChI=1S/C15H16ClFN2O2S/c16-12-4-3-10(8-13(12)17)14(20)9-19-15(21)18-6-5-11-2-1-7-22-11/h1-4,7-8,14,20H,5-6,9H2,(H2,18,19,21). The van der Waals surface area contributed by atoms with Gasteiger partial charge in [-0.05, 0) is 35.6 Å². The second kappa shape index (κ2) is 8.12. The third kappa shape index (κ3) is 4.98. The van der Waals surface area contributed by atoms with Crippen LogP contribution >= 0.6 is 22.9 Å². The van der Waals surface area contributed by atoms with Crippen molar-refractivity contribution in [3.05, 3.63) is 57.0 Å². The minimum Gasteiger partial charge on any atom is -0.387 e. The molecule has 7 heteroatoms. The van der Waals surface area contributed by atoms with Crippen LogP contribution < -0.4 is 10.6 Å². The van der Waals surface area contributed by atoms with Crippen molar-refractivity contribution in [2.75, 3.05) is 13.1 Å². The lowest BCUT2D eigenvalue weighted by Gasteiger charge is -2.13. The van der Waals surface area contributed by atoms with E-state index in [2.05, 4.69) is 10.6 Å². The van der Waals surface area contributed by atoms with Gasteiger partial charge in [-0.15, -0.1) is 11.3 Å². The molecule has 2 rings (SSSR count). The minimum atomic E-state index is -0.991. The number of urea groups is 1. The third-order valence-corrected chi connectivity index (χ3v) is 4.26. The topological polar surface area (TPSA) is 61.4 Å². The van der Waals surface area contributed by atoms with E-state index in [0.717, 1.165) is 12.5 Å². The molecule has 0 aliphatic heterocycles. The van der Waals surface area contributed by atoms with E-state index >= 15 is 0 Å². The van der Waals surface area contributed by atoms with E-state index in [0.29, 0.717) is 12.1 Å². The average Bonchev–Trinajstić information content (AvgIpc) is 3.01. The highest BCUT2D eigenvalue weighted by Gasteiger charge is 2.11. The van der Waals surface area contributed by atoms with Gasteiger partial charge in [0.15, 0.2) is 0 Å². The normalized spacial score (nSPS) is 12.0. The molecular formula is C15H16ClFN2O2S. The highest BCUT2D eigenvalue weighted by Crippen LogP contribution is 2.19. The Morgan fingerprint density at radius 1 is 1.36 bits per heavy atom. The van der Waals surface area contributed by atoms with Crippen molar-refractivity contribution in [3.63, 3.8) is 0 Å². The Hall–Kier alpha value is -1.63. The molecule has 1 aromatic carbocycles. The van der Waals surface area contributed by atoms with Crippen molar-refractivity contribution >= 4 is 29.0 Å². The predicted molar refractivity (Wildman–Crippen MR) is 85.8 cm³/mol. The smallest absolute Gasteiger partial charge is 0.314 e. The van der Waals surface area contributed by atoms with Crippen LogP contribution in [0.25, 0.3) is 0 Å². The van der Waals surface area contributed by atoms with Crippen LogP contribution in [0, 0.1) is 5.82 Å². The van der Waals surface area contributed by atoms with Crippen molar-refractivity contribution in [1.29, 1.82) is 0 Å². The lowest BCUT2D eigenvalue weighted by atomic mass is 10.1. The Morgan fingerprint density at radius 3 is 2.86 bits per heavy atom. The predicted octanol–water partition coefficient (Wildman–Crippen LogP) is 3.12. The number of thiophene rings is 1. The number of aliphatic hydroxyl groups excluding tert-OH is 1. The monoisotopic (exact) mass is 342 g/mol. The van der Waals surface area contributed by atoms with E-state index in [1.54, 1.807) is 11.3 Å². The number of benzene rings is 1. The first-order valence-corrected chi connectivity index (χ1v) is 7.99. The molecule has 4 nitrogen and oxygen atoms in total. The highest BCUT2D eigenvalue weighted by molar-refractivity contribution is 7.09. The summed E-state index contributed by atoms with van der Waals surface area (Å²) in [4.78, 5) is 12.8. The van der Waals surface area contributed by atoms with Crippen LogP contribution in [-0.4, -0.2) is 24.2 Å². The quantitative estimate of drug-likeness (QED) is 0.755. The largest absolute Gasteiger partial charge is 0.387 e. The van der Waals surface area contributed by atoms with Crippen LogP contribution in [0.2, 0.25) is 5.02 Å². The number of halogens is 2. The Bertz CT molecular complexity index is 622. The number of nitrogens with one attached hydrogen (secondary N) is 2. The van der Waals surface area contributed by atoms with E-state index in [1.807, 2.05) is 17.5 Å². The first-order valence-electron chi connectivity index (χ1n) is 6.73. The van der Waals surface area contributed by atoms with Gasteiger partial charge in [0.1, 0.15) is 5.82 Å². The van der Waals surface area contributed by atoms with E-state index < -0.39 is 11.9 Å². The van der Waals surface area contributed by atoms with E-state index in [-0.39, 0.29) is 17.6 Å². The summed E-state index contributed by atoms with van der Waals surface area (Å²) in [7, 11) is 0. The molecule has 3 N–H and O–H groups in total. The van der Waals surface area contributed by atoms with Gasteiger partial charge >= 0.3 is 6.03 Å². The van der Waals surface area contributed by atoms with Gasteiger partial charge in [0.05, 0.1) is 11.1 Å². The molecule has 2 aromatic rings. The molecule has 2 amide bonds. The molecule has 1 heterocycles. The summed E-state index contributed by atoms with van der Waals surface area (Å²) >= 11 is 7.21. The van der Waals surface area contributed by atoms with Crippen LogP contribution in [0.5, 0.6) is 0 Å². The summed E-state index contributed by atoms with van der Waals surface area (Å²) in [5, 5.41) is 17.1. The second-order valence-corrected chi connectivity index (χ2v) is 6.09. The molecule has 0 radical (unpaired) electrons. The summed E-state index contributed by atoms with van der Waals surface area (Å²) < 4.78 is 13.3. The zero-order chi connectivity index (χ0) is 15.9. The van der Waals surface area contributed by atoms with Gasteiger partial charge in [-0.3, -0.25) is 0 Å². The Kier molecular flexibility index (Phi) is 6.18. The molecule has 0 saturated heterocycles. The lowest BCUT2D eigenvalue weighted by Crippen LogP contribution is -2.38. The fourth-order valence-electron chi connectivity index (χ4n) is 1.84. The van der Waals surface area contributed by atoms with Crippen LogP contribution in [0.1, 0.15) is 16.5 Å². The van der Waals surface area contributed by atoms with Crippen molar-refractivity contribution in [2.45, 2.75) is 12.5 Å². The van der Waals surface area contributed by atoms with Gasteiger partial charge in [-0.25, -0.2) is 9.18 Å². The van der Waals surface area contributed by atoms with Crippen LogP contribution in [-0.2, 0) is 6.42 Å². The van der Waals surface area contributed by atoms with Gasteiger partial charge in [-0.2, -0.15) is 0 Å². The molecule has 0 saturated carbocycles. The molecule has 22 heavy (non-hydrogen) atoms. The van der Waals surface area contributed by atoms with Crippen LogP contribution in [0.4, 0.5) is 9.18 Å². The Morgan fingerprint density at radius 2 is 2.18 bits per heavy atom. The zero-order valence-corrected chi connectivity index (χ0v) is 13.3. The first kappa shape index (κ1) is 16.7. The molecule has 118 valence electrons. The molecule has 0 aliphatic rings. The summed E-state index contributed by atoms with van der Waals surface area (Å²) in [6.45, 7) is 0.504. The van der Waals surface area contributed by atoms with Gasteiger partial charge in [0.2, 0.25) is 0 Å². The zero-order valence-electron chi connectivity index (χ0n) is 11.7. The summed E-state index contributed by atoms with van der Waals surface area (Å²) in [6, 6.07) is 7.64. The molecule has 1 atom stereocenters. The molecule has 0 spiro atoms. The van der Waals surface area contributed by atoms with Crippen LogP contribution in [0.15, 0.2) is 35.7 Å². The van der Waals surface area contributed by atoms with Crippen molar-refractivity contribution < 1.29 is 14.3 Å². The number of rotatable bonds is 6. The maximum atomic E-state index is 13.3. The van der Waals surface area contributed by atoms with E-state index in [9.17, 15) is 14.3 Å². The summed E-state index contributed by atoms with van der Waals surface area (Å²) in [5.41, 5.74) is 0.362. The van der Waals surface area contributed by atoms with E-state index in [4.69, 9.17) is 11.6 Å². The first-order chi connectivity index (χ1) is 10.6. The SMILES string of the molecule is O=C(NCCc1cccs1)NCC(O)c1ccc(Cl)c(F)c1. The highest BCUT2D eigenvalue weighted by atomic mass is 35.5. The molecule has 1 aromatic heterocycles. The number of carbonyl (C=O) groups excluding carboxylic acids is 1. The van der Waals surface area contributed by atoms with Gasteiger partial charge < -0.3 is 15.7 Å². The number of aliphatic hydroxyl groups is 1. The number of hydrogen-bond donors (Lipinski definition) is 3. The maximum absolute atomic E-state index is 13.3. The number of hydrogen-bond acceptors (Lipinski definition) is 3. The van der Waals surface area contributed by atoms with Gasteiger partial charge in [0.25, 0.3) is 0 Å². The maximum Gasteiger partial charge on any atom is 0.314 e. The minimum absolute atomic E-state index is 0.00442. The van der Waals surface area contributed by atoms with Crippen molar-refractivity contribution in [1.82, 2.24) is 10.6 Å². The van der Waals surface area contributed by atoms with Gasteiger partial charge in [0, 0.05) is 18.0 Å². The molecular weight excluding hydrogens is 327 g/mol. The number of carbonyl (C=O) groups is 1. The average molecular weight is 343 g/mol. The molecule has 0 aliphatic carbocycles. The fourth-order valence-corrected chi connectivity index (χ4v) is 2.67. The Labute approximate surface area is 136 Å². The van der Waals surface area contributed by atoms with Gasteiger partial charge in [-0.1, -0.05) is 23.7 Å². The second-order valence-electron chi connectivity index (χ2n) is 4.66. The lowest BCUT2D eigenvalue weighted by molar-refractivity contribution is 0.173. The van der Waals surface area contributed by atoms with Crippen molar-refractivity contribution in [2.24, 2.45) is 0 Å². The number of amides is 2. The molecule has 1 unspecified atom stereocenters. The van der Waals surface area contributed by atoms with Crippen molar-refractivity contribution in [3.8, 4) is 0 Å². The van der Waals surface area contributed by atoms with Crippen LogP contribution in [0.3, 0.4) is 0 Å². The Balaban J connectivity index is 1.72. The molecule has 0 bridgehead atoms.